The summed E-state index contributed by atoms with van der Waals surface area (Å²) >= 11 is 0. The minimum Gasteiger partial charge on any atom is -0.508 e. The average molecular weight is 1450 g/mol. The van der Waals surface area contributed by atoms with Crippen molar-refractivity contribution in [2.45, 2.75) is 127 Å². The van der Waals surface area contributed by atoms with Gasteiger partial charge in [-0.1, -0.05) is 56.3 Å². The van der Waals surface area contributed by atoms with Crippen LogP contribution in [0.3, 0.4) is 0 Å². The number of primary amides is 3. The van der Waals surface area contributed by atoms with Gasteiger partial charge in [-0.2, -0.15) is 13.2 Å². The number of fused-ring (bicyclic) bond motifs is 1. The Morgan fingerprint density at radius 1 is 0.592 bits per heavy atom. The molecule has 0 fully saturated rings. The number of nitrogens with two attached hydrogens (primary N) is 4. The number of nitro groups is 2. The number of benzene rings is 4. The average Bonchev–Trinajstić information content (AvgIpc) is 0.778. The van der Waals surface area contributed by atoms with Crippen LogP contribution < -0.4 is 87.0 Å². The van der Waals surface area contributed by atoms with Crippen LogP contribution in [-0.4, -0.2) is 153 Å². The molecular formula is C63H75F3N18O19. The van der Waals surface area contributed by atoms with E-state index in [1.165, 1.54) is 38.1 Å². The van der Waals surface area contributed by atoms with Gasteiger partial charge in [0.1, 0.15) is 65.4 Å². The number of guanidine groups is 1. The summed E-state index contributed by atoms with van der Waals surface area (Å²) in [6.45, 7) is 3.48. The van der Waals surface area contributed by atoms with Crippen LogP contribution in [0.5, 0.6) is 5.75 Å². The largest absolute Gasteiger partial charge is 0.508 e. The van der Waals surface area contributed by atoms with Crippen LogP contribution in [0, 0.1) is 31.6 Å². The van der Waals surface area contributed by atoms with E-state index >= 15 is 0 Å². The van der Waals surface area contributed by atoms with Crippen molar-refractivity contribution >= 4 is 111 Å². The molecule has 0 spiro atoms. The maximum atomic E-state index is 14.6. The van der Waals surface area contributed by atoms with E-state index in [4.69, 9.17) is 32.8 Å². The normalized spacial score (nSPS) is 13.4. The van der Waals surface area contributed by atoms with E-state index in [1.807, 2.05) is 0 Å². The number of nitrogens with zero attached hydrogens (tertiary/aromatic N) is 2. The number of hydrogen-bond acceptors (Lipinski definition) is 21. The van der Waals surface area contributed by atoms with Gasteiger partial charge in [0.25, 0.3) is 11.4 Å². The Hall–Kier alpha value is -12.8. The van der Waals surface area contributed by atoms with Crippen LogP contribution in [0.1, 0.15) is 76.0 Å². The summed E-state index contributed by atoms with van der Waals surface area (Å²) in [5.41, 5.74) is 17.9. The Morgan fingerprint density at radius 3 is 1.65 bits per heavy atom. The number of aromatic hydroxyl groups is 1. The van der Waals surface area contributed by atoms with Crippen molar-refractivity contribution in [1.82, 2.24) is 47.9 Å². The zero-order valence-corrected chi connectivity index (χ0v) is 55.1. The number of phenols is 1. The second kappa shape index (κ2) is 37.4. The number of hydrogen-bond donors (Lipinski definition) is 17. The number of carbonyl (C=O) groups is 12. The second-order valence-corrected chi connectivity index (χ2v) is 23.5. The molecule has 5 rings (SSSR count). The minimum atomic E-state index is -4.90. The van der Waals surface area contributed by atoms with E-state index in [1.54, 1.807) is 30.3 Å². The van der Waals surface area contributed by atoms with E-state index < -0.39 is 219 Å². The molecule has 0 saturated carbocycles. The molecule has 552 valence electrons. The summed E-state index contributed by atoms with van der Waals surface area (Å²) in [4.78, 5) is 196. The predicted octanol–water partition coefficient (Wildman–Crippen LogP) is -1.30. The molecule has 12 amide bonds. The summed E-state index contributed by atoms with van der Waals surface area (Å²) in [7, 11) is 0. The van der Waals surface area contributed by atoms with Gasteiger partial charge >= 0.3 is 11.8 Å². The molecule has 0 aliphatic rings. The summed E-state index contributed by atoms with van der Waals surface area (Å²) < 4.78 is 45.5. The number of nitrogens with one attached hydrogen (secondary N) is 12. The van der Waals surface area contributed by atoms with Gasteiger partial charge in [0.15, 0.2) is 5.96 Å². The van der Waals surface area contributed by atoms with Crippen molar-refractivity contribution in [2.24, 2.45) is 28.9 Å². The van der Waals surface area contributed by atoms with E-state index in [0.717, 1.165) is 37.3 Å². The monoisotopic (exact) mass is 1440 g/mol. The van der Waals surface area contributed by atoms with E-state index in [9.17, 15) is 101 Å². The third-order valence-corrected chi connectivity index (χ3v) is 15.1. The maximum Gasteiger partial charge on any atom is 0.417 e. The summed E-state index contributed by atoms with van der Waals surface area (Å²) in [5.74, 6) is -14.7. The molecule has 40 heteroatoms. The van der Waals surface area contributed by atoms with Crippen molar-refractivity contribution in [3.63, 3.8) is 0 Å². The van der Waals surface area contributed by atoms with Crippen molar-refractivity contribution in [1.29, 1.82) is 5.41 Å². The lowest BCUT2D eigenvalue weighted by Gasteiger charge is -2.28. The molecule has 5 aromatic rings. The zero-order valence-electron chi connectivity index (χ0n) is 55.1. The molecule has 8 atom stereocenters. The SMILES string of the molecule is CC(NC(=O)C(NC(=O)CCC(=O)Nc1ccc2c(C(F)(F)F)cc(=O)oc2c1)C(C)C)C(=O)NC(CC(N)=O)C(=O)NC(Cc1ccc(O)cc1)C(=O)NC(CC(N)=O)C(=O)NC(Cc1ccccc1)C(=O)NC(CCCNC(=N)N)C(=O)NC(CNc1ccc([N+](=O)[O-])cc1[N+](=O)[O-])C(N)=O. The van der Waals surface area contributed by atoms with Crippen LogP contribution in [0.15, 0.2) is 106 Å². The summed E-state index contributed by atoms with van der Waals surface area (Å²) in [6.07, 6.45) is -9.06. The standard InChI is InChI=1S/C63H75F3N18O19/c1-30(2)53(82-51(89)20-19-50(88)75-34-13-17-37-38(63(64,65)66)26-52(90)103-47(37)24-34)61(98)74-31(3)55(92)77-43(27-48(67)86)59(96)79-42(23-33-11-15-36(85)16-12-33)58(95)80-44(28-49(68)87)60(97)78-41(22-32-8-5-4-6-9-32)57(94)76-40(10-7-21-72-62(70)71)56(93)81-45(54(69)91)29-73-39-18-14-35(83(99)100)25-46(39)84(101)102/h4-6,8-9,11-18,24-26,30-31,40-45,53,73,85H,7,10,19-23,27-29H2,1-3H3,(H2,67,86)(H2,68,87)(H2,69,91)(H,74,98)(H,75,88)(H,76,94)(H,77,92)(H,78,97)(H,79,96)(H,80,95)(H,81,93)(H,82,89)(H4,70,71,72). The smallest absolute Gasteiger partial charge is 0.417 e. The Kier molecular flexibility index (Phi) is 29.4. The first kappa shape index (κ1) is 80.9. The van der Waals surface area contributed by atoms with Gasteiger partial charge in [0.05, 0.1) is 34.3 Å². The van der Waals surface area contributed by atoms with Crippen LogP contribution in [0.25, 0.3) is 11.0 Å². The van der Waals surface area contributed by atoms with Crippen LogP contribution in [-0.2, 0) is 76.6 Å². The number of alkyl halides is 3. The van der Waals surface area contributed by atoms with Crippen LogP contribution >= 0.6 is 0 Å². The van der Waals surface area contributed by atoms with Crippen molar-refractivity contribution in [3.05, 3.63) is 144 Å². The minimum absolute atomic E-state index is 0.0177. The fourth-order valence-electron chi connectivity index (χ4n) is 9.86. The van der Waals surface area contributed by atoms with Crippen molar-refractivity contribution in [2.75, 3.05) is 23.7 Å². The molecule has 0 saturated heterocycles. The number of rotatable bonds is 38. The molecule has 21 N–H and O–H groups in total. The van der Waals surface area contributed by atoms with Crippen LogP contribution in [0.2, 0.25) is 0 Å². The molecule has 1 aromatic heterocycles. The van der Waals surface area contributed by atoms with E-state index in [2.05, 4.69) is 58.5 Å². The predicted molar refractivity (Wildman–Crippen MR) is 357 cm³/mol. The Morgan fingerprint density at radius 2 is 1.12 bits per heavy atom. The molecule has 8 unspecified atom stereocenters. The van der Waals surface area contributed by atoms with E-state index in [0.29, 0.717) is 11.6 Å². The Bertz CT molecular complexity index is 4090. The fourth-order valence-corrected chi connectivity index (χ4v) is 9.86. The first-order valence-corrected chi connectivity index (χ1v) is 31.2. The lowest BCUT2D eigenvalue weighted by Crippen LogP contribution is -2.61. The van der Waals surface area contributed by atoms with Gasteiger partial charge in [0, 0.05) is 68.0 Å². The lowest BCUT2D eigenvalue weighted by molar-refractivity contribution is -0.393. The third kappa shape index (κ3) is 25.8. The molecule has 0 bridgehead atoms. The molecule has 0 aliphatic heterocycles. The third-order valence-electron chi connectivity index (χ3n) is 15.1. The Balaban J connectivity index is 1.32. The van der Waals surface area contributed by atoms with E-state index in [-0.39, 0.29) is 54.6 Å². The molecule has 1 heterocycles. The second-order valence-electron chi connectivity index (χ2n) is 23.5. The van der Waals surface area contributed by atoms with Crippen molar-refractivity contribution in [3.8, 4) is 5.75 Å². The zero-order chi connectivity index (χ0) is 76.6. The van der Waals surface area contributed by atoms with Gasteiger partial charge in [-0.3, -0.25) is 83.2 Å². The maximum absolute atomic E-state index is 14.6. The number of amides is 12. The van der Waals surface area contributed by atoms with Gasteiger partial charge < -0.3 is 90.9 Å². The number of halogens is 3. The topological polar surface area (TPSA) is 602 Å². The first-order valence-electron chi connectivity index (χ1n) is 31.2. The number of carbonyl (C=O) groups excluding carboxylic acids is 12. The van der Waals surface area contributed by atoms with Crippen molar-refractivity contribution < 1.29 is 90.1 Å². The highest BCUT2D eigenvalue weighted by atomic mass is 19.4. The molecule has 103 heavy (non-hydrogen) atoms. The number of anilines is 2. The van der Waals surface area contributed by atoms with Gasteiger partial charge in [0.2, 0.25) is 70.9 Å². The quantitative estimate of drug-likeness (QED) is 0.00545. The molecule has 4 aromatic carbocycles. The summed E-state index contributed by atoms with van der Waals surface area (Å²) in [6, 6.07) is 5.10. The molecule has 0 radical (unpaired) electrons. The number of phenolic OH excluding ortho intramolecular Hbond substituents is 1. The number of nitro benzene ring substituents is 2. The number of non-ortho nitro benzene ring substituents is 1. The van der Waals surface area contributed by atoms with Crippen LogP contribution in [0.4, 0.5) is 35.9 Å². The highest BCUT2D eigenvalue weighted by Gasteiger charge is 2.37. The fraction of sp³-hybridized carbons (Fsp3) is 0.365. The van der Waals surface area contributed by atoms with Gasteiger partial charge in [-0.05, 0) is 67.1 Å². The highest BCUT2D eigenvalue weighted by Crippen LogP contribution is 2.35. The lowest BCUT2D eigenvalue weighted by atomic mass is 10.0. The Labute approximate surface area is 581 Å². The first-order chi connectivity index (χ1) is 48.4. The molecule has 37 nitrogen and oxygen atoms in total. The highest BCUT2D eigenvalue weighted by molar-refractivity contribution is 6.01. The van der Waals surface area contributed by atoms with Gasteiger partial charge in [-0.15, -0.1) is 0 Å². The summed E-state index contributed by atoms with van der Waals surface area (Å²) in [5, 5.41) is 66.7. The van der Waals surface area contributed by atoms with Gasteiger partial charge in [-0.25, -0.2) is 4.79 Å². The molecular weight excluding hydrogens is 1370 g/mol. The molecule has 0 aliphatic carbocycles.